The lowest BCUT2D eigenvalue weighted by atomic mass is 10.1. The molecule has 28 heavy (non-hydrogen) atoms. The molecule has 0 saturated heterocycles. The maximum atomic E-state index is 13.9. The summed E-state index contributed by atoms with van der Waals surface area (Å²) in [7, 11) is 1.58. The predicted molar refractivity (Wildman–Crippen MR) is 98.8 cm³/mol. The van der Waals surface area contributed by atoms with Gasteiger partial charge in [-0.15, -0.1) is 0 Å². The van der Waals surface area contributed by atoms with Gasteiger partial charge in [-0.2, -0.15) is 5.10 Å². The summed E-state index contributed by atoms with van der Waals surface area (Å²) in [6.07, 6.45) is -0.394. The first-order valence-electron chi connectivity index (χ1n) is 8.74. The number of rotatable bonds is 5. The monoisotopic (exact) mass is 384 g/mol. The van der Waals surface area contributed by atoms with Crippen LogP contribution in [0.2, 0.25) is 0 Å². The van der Waals surface area contributed by atoms with Crippen LogP contribution in [0.4, 0.5) is 8.78 Å². The van der Waals surface area contributed by atoms with Gasteiger partial charge >= 0.3 is 0 Å². The summed E-state index contributed by atoms with van der Waals surface area (Å²) in [6, 6.07) is 12.4. The van der Waals surface area contributed by atoms with Crippen molar-refractivity contribution in [3.63, 3.8) is 0 Å². The second-order valence-electron chi connectivity index (χ2n) is 6.43. The molecule has 6 nitrogen and oxygen atoms in total. The number of hydrogen-bond acceptors (Lipinski definition) is 4. The van der Waals surface area contributed by atoms with E-state index in [1.165, 1.54) is 0 Å². The van der Waals surface area contributed by atoms with Crippen LogP contribution < -0.4 is 15.4 Å². The average molecular weight is 384 g/mol. The van der Waals surface area contributed by atoms with Gasteiger partial charge in [0, 0.05) is 17.7 Å². The van der Waals surface area contributed by atoms with E-state index in [2.05, 4.69) is 15.7 Å². The Balaban J connectivity index is 1.61. The number of fused-ring (bicyclic) bond motifs is 1. The molecule has 0 radical (unpaired) electrons. The Bertz CT molecular complexity index is 1030. The van der Waals surface area contributed by atoms with Crippen LogP contribution >= 0.6 is 0 Å². The Kier molecular flexibility index (Phi) is 4.79. The molecule has 2 heterocycles. The summed E-state index contributed by atoms with van der Waals surface area (Å²) in [5, 5.41) is 10.5. The summed E-state index contributed by atoms with van der Waals surface area (Å²) >= 11 is 0. The van der Waals surface area contributed by atoms with Gasteiger partial charge in [-0.05, 0) is 36.4 Å². The molecular formula is C20H18F2N4O2. The predicted octanol–water partition coefficient (Wildman–Crippen LogP) is 2.87. The normalized spacial score (nSPS) is 15.8. The fourth-order valence-electron chi connectivity index (χ4n) is 3.16. The molecule has 0 unspecified atom stereocenters. The van der Waals surface area contributed by atoms with E-state index in [4.69, 9.17) is 4.74 Å². The zero-order chi connectivity index (χ0) is 19.7. The van der Waals surface area contributed by atoms with Crippen molar-refractivity contribution in [2.75, 3.05) is 13.7 Å². The van der Waals surface area contributed by atoms with Gasteiger partial charge in [0.05, 0.1) is 19.3 Å². The van der Waals surface area contributed by atoms with Gasteiger partial charge in [0.25, 0.3) is 5.91 Å². The highest BCUT2D eigenvalue weighted by Gasteiger charge is 2.27. The molecule has 3 aromatic rings. The standard InChI is InChI=1S/C20H18F2N4O2/c1-28-15-4-2-3-12(8-15)17-9-18-20(27)24-11-19(26(18)25-17)23-10-13-7-14(21)5-6-16(13)22/h2-9,19,23H,10-11H2,1H3,(H,24,27)/t19-/m0/s1. The molecule has 0 fully saturated rings. The first-order valence-corrected chi connectivity index (χ1v) is 8.74. The summed E-state index contributed by atoms with van der Waals surface area (Å²) in [4.78, 5) is 12.2. The largest absolute Gasteiger partial charge is 0.497 e. The number of carbonyl (C=O) groups is 1. The Labute approximate surface area is 160 Å². The minimum Gasteiger partial charge on any atom is -0.497 e. The highest BCUT2D eigenvalue weighted by molar-refractivity contribution is 5.94. The lowest BCUT2D eigenvalue weighted by Crippen LogP contribution is -2.45. The molecule has 1 atom stereocenters. The van der Waals surface area contributed by atoms with Crippen LogP contribution in [0, 0.1) is 11.6 Å². The number of ether oxygens (including phenoxy) is 1. The molecule has 4 rings (SSSR count). The summed E-state index contributed by atoms with van der Waals surface area (Å²) in [5.74, 6) is -0.553. The van der Waals surface area contributed by atoms with E-state index in [-0.39, 0.29) is 24.6 Å². The molecule has 8 heteroatoms. The molecule has 1 aliphatic rings. The molecule has 1 amide bonds. The minimum absolute atomic E-state index is 0.0952. The van der Waals surface area contributed by atoms with Crippen molar-refractivity contribution < 1.29 is 18.3 Å². The summed E-state index contributed by atoms with van der Waals surface area (Å²) < 4.78 is 34.1. The van der Waals surface area contributed by atoms with Crippen LogP contribution in [0.5, 0.6) is 5.75 Å². The van der Waals surface area contributed by atoms with Crippen molar-refractivity contribution in [3.05, 3.63) is 71.4 Å². The SMILES string of the molecule is COc1cccc(-c2cc3n(n2)[C@H](NCc2cc(F)ccc2F)CNC3=O)c1. The number of nitrogens with one attached hydrogen (secondary N) is 2. The summed E-state index contributed by atoms with van der Waals surface area (Å²) in [6.45, 7) is 0.375. The number of amides is 1. The van der Waals surface area contributed by atoms with Crippen LogP contribution in [-0.4, -0.2) is 29.3 Å². The van der Waals surface area contributed by atoms with Gasteiger partial charge < -0.3 is 10.1 Å². The maximum Gasteiger partial charge on any atom is 0.269 e. The van der Waals surface area contributed by atoms with E-state index >= 15 is 0 Å². The van der Waals surface area contributed by atoms with Gasteiger partial charge in [0.2, 0.25) is 0 Å². The lowest BCUT2D eigenvalue weighted by Gasteiger charge is -2.26. The third-order valence-corrected chi connectivity index (χ3v) is 4.62. The maximum absolute atomic E-state index is 13.9. The van der Waals surface area contributed by atoms with Gasteiger partial charge in [-0.1, -0.05) is 12.1 Å². The average Bonchev–Trinajstić information content (AvgIpc) is 3.16. The summed E-state index contributed by atoms with van der Waals surface area (Å²) in [5.41, 5.74) is 2.03. The topological polar surface area (TPSA) is 68.2 Å². The molecule has 2 aromatic carbocycles. The van der Waals surface area contributed by atoms with Crippen molar-refractivity contribution in [1.29, 1.82) is 0 Å². The first-order chi connectivity index (χ1) is 13.5. The van der Waals surface area contributed by atoms with Crippen LogP contribution in [0.15, 0.2) is 48.5 Å². The molecule has 0 aliphatic carbocycles. The van der Waals surface area contributed by atoms with E-state index in [1.54, 1.807) is 17.9 Å². The fourth-order valence-corrected chi connectivity index (χ4v) is 3.16. The van der Waals surface area contributed by atoms with Crippen molar-refractivity contribution >= 4 is 5.91 Å². The van der Waals surface area contributed by atoms with E-state index < -0.39 is 17.8 Å². The van der Waals surface area contributed by atoms with Gasteiger partial charge in [0.1, 0.15) is 29.2 Å². The number of aromatic nitrogens is 2. The van der Waals surface area contributed by atoms with E-state index in [0.717, 1.165) is 23.8 Å². The van der Waals surface area contributed by atoms with Gasteiger partial charge in [-0.25, -0.2) is 13.5 Å². The van der Waals surface area contributed by atoms with Crippen LogP contribution in [0.25, 0.3) is 11.3 Å². The number of halogens is 2. The van der Waals surface area contributed by atoms with Crippen molar-refractivity contribution in [1.82, 2.24) is 20.4 Å². The molecule has 0 spiro atoms. The smallest absolute Gasteiger partial charge is 0.269 e. The van der Waals surface area contributed by atoms with Crippen LogP contribution in [-0.2, 0) is 6.54 Å². The third kappa shape index (κ3) is 3.46. The van der Waals surface area contributed by atoms with E-state index in [0.29, 0.717) is 17.1 Å². The highest BCUT2D eigenvalue weighted by atomic mass is 19.1. The first kappa shape index (κ1) is 18.1. The molecular weight excluding hydrogens is 366 g/mol. The lowest BCUT2D eigenvalue weighted by molar-refractivity contribution is 0.0900. The minimum atomic E-state index is -0.504. The van der Waals surface area contributed by atoms with Crippen molar-refractivity contribution in [2.45, 2.75) is 12.7 Å². The highest BCUT2D eigenvalue weighted by Crippen LogP contribution is 2.26. The number of benzene rings is 2. The van der Waals surface area contributed by atoms with Gasteiger partial charge in [-0.3, -0.25) is 10.1 Å². The number of carbonyl (C=O) groups excluding carboxylic acids is 1. The molecule has 1 aromatic heterocycles. The Morgan fingerprint density at radius 1 is 1.25 bits per heavy atom. The van der Waals surface area contributed by atoms with Crippen LogP contribution in [0.3, 0.4) is 0 Å². The molecule has 144 valence electrons. The Morgan fingerprint density at radius 2 is 2.11 bits per heavy atom. The molecule has 2 N–H and O–H groups in total. The second-order valence-corrected chi connectivity index (χ2v) is 6.43. The number of nitrogens with zero attached hydrogens (tertiary/aromatic N) is 2. The second kappa shape index (κ2) is 7.40. The zero-order valence-electron chi connectivity index (χ0n) is 15.1. The molecule has 1 aliphatic heterocycles. The van der Waals surface area contributed by atoms with E-state index in [9.17, 15) is 13.6 Å². The molecule has 0 bridgehead atoms. The van der Waals surface area contributed by atoms with Crippen molar-refractivity contribution in [2.24, 2.45) is 0 Å². The van der Waals surface area contributed by atoms with E-state index in [1.807, 2.05) is 24.3 Å². The third-order valence-electron chi connectivity index (χ3n) is 4.62. The van der Waals surface area contributed by atoms with Crippen LogP contribution in [0.1, 0.15) is 22.2 Å². The number of methoxy groups -OCH3 is 1. The quantitative estimate of drug-likeness (QED) is 0.710. The zero-order valence-corrected chi connectivity index (χ0v) is 15.1. The Hall–Kier alpha value is -3.26. The van der Waals surface area contributed by atoms with Crippen molar-refractivity contribution in [3.8, 4) is 17.0 Å². The fraction of sp³-hybridized carbons (Fsp3) is 0.200. The number of hydrogen-bond donors (Lipinski definition) is 2. The Morgan fingerprint density at radius 3 is 2.93 bits per heavy atom. The molecule has 0 saturated carbocycles. The van der Waals surface area contributed by atoms with Gasteiger partial charge in [0.15, 0.2) is 0 Å².